The second-order valence-corrected chi connectivity index (χ2v) is 3.98. The predicted molar refractivity (Wildman–Crippen MR) is 72.9 cm³/mol. The first-order chi connectivity index (χ1) is 9.61. The van der Waals surface area contributed by atoms with Gasteiger partial charge < -0.3 is 15.2 Å². The first kappa shape index (κ1) is 13.6. The Morgan fingerprint density at radius 1 is 0.900 bits per heavy atom. The molecule has 0 saturated carbocycles. The Balaban J connectivity index is 2.17. The van der Waals surface area contributed by atoms with Crippen LogP contribution in [0.15, 0.2) is 48.5 Å². The van der Waals surface area contributed by atoms with Crippen molar-refractivity contribution in [1.82, 2.24) is 0 Å². The molecule has 5 nitrogen and oxygen atoms in total. The van der Waals surface area contributed by atoms with Gasteiger partial charge in [0.15, 0.2) is 11.5 Å². The maximum Gasteiger partial charge on any atom is 0.343 e. The van der Waals surface area contributed by atoms with Crippen LogP contribution in [0.25, 0.3) is 0 Å². The molecule has 5 heteroatoms. The summed E-state index contributed by atoms with van der Waals surface area (Å²) < 4.78 is 10.3. The second kappa shape index (κ2) is 5.88. The summed E-state index contributed by atoms with van der Waals surface area (Å²) in [5, 5.41) is 0. The molecule has 0 bridgehead atoms. The number of hydrogen-bond donors (Lipinski definition) is 1. The molecule has 0 atom stereocenters. The van der Waals surface area contributed by atoms with E-state index < -0.39 is 11.9 Å². The van der Waals surface area contributed by atoms with Crippen molar-refractivity contribution in [2.45, 2.75) is 0 Å². The minimum atomic E-state index is -0.547. The summed E-state index contributed by atoms with van der Waals surface area (Å²) in [4.78, 5) is 22.9. The average molecular weight is 271 g/mol. The van der Waals surface area contributed by atoms with E-state index in [0.717, 1.165) is 0 Å². The molecule has 0 radical (unpaired) electrons. The largest absolute Gasteiger partial charge is 0.493 e. The van der Waals surface area contributed by atoms with Crippen molar-refractivity contribution < 1.29 is 19.1 Å². The smallest absolute Gasteiger partial charge is 0.343 e. The summed E-state index contributed by atoms with van der Waals surface area (Å²) >= 11 is 0. The van der Waals surface area contributed by atoms with Gasteiger partial charge in [-0.2, -0.15) is 0 Å². The minimum Gasteiger partial charge on any atom is -0.493 e. The summed E-state index contributed by atoms with van der Waals surface area (Å²) in [7, 11) is 1.49. The Morgan fingerprint density at radius 2 is 1.45 bits per heavy atom. The van der Waals surface area contributed by atoms with E-state index in [1.165, 1.54) is 31.4 Å². The molecule has 0 aromatic heterocycles. The van der Waals surface area contributed by atoms with Crippen LogP contribution in [-0.4, -0.2) is 19.0 Å². The maximum atomic E-state index is 12.0. The van der Waals surface area contributed by atoms with Crippen LogP contribution in [0.1, 0.15) is 20.7 Å². The van der Waals surface area contributed by atoms with Crippen molar-refractivity contribution in [2.24, 2.45) is 5.73 Å². The molecular formula is C15H13NO4. The van der Waals surface area contributed by atoms with Gasteiger partial charge in [0, 0.05) is 5.56 Å². The van der Waals surface area contributed by atoms with E-state index >= 15 is 0 Å². The van der Waals surface area contributed by atoms with Crippen LogP contribution < -0.4 is 15.2 Å². The number of carbonyl (C=O) groups excluding carboxylic acids is 2. The third-order valence-corrected chi connectivity index (χ3v) is 2.68. The SMILES string of the molecule is COc1ccccc1OC(=O)c1ccc(C(N)=O)cc1. The quantitative estimate of drug-likeness (QED) is 0.681. The van der Waals surface area contributed by atoms with Crippen molar-refractivity contribution in [1.29, 1.82) is 0 Å². The van der Waals surface area contributed by atoms with Gasteiger partial charge in [0.25, 0.3) is 0 Å². The first-order valence-electron chi connectivity index (χ1n) is 5.87. The summed E-state index contributed by atoms with van der Waals surface area (Å²) in [5.41, 5.74) is 5.78. The highest BCUT2D eigenvalue weighted by Crippen LogP contribution is 2.26. The summed E-state index contributed by atoms with van der Waals surface area (Å²) in [5.74, 6) is -0.284. The molecule has 2 aromatic carbocycles. The van der Waals surface area contributed by atoms with E-state index in [-0.39, 0.29) is 0 Å². The van der Waals surface area contributed by atoms with Crippen LogP contribution in [-0.2, 0) is 0 Å². The highest BCUT2D eigenvalue weighted by Gasteiger charge is 2.12. The lowest BCUT2D eigenvalue weighted by molar-refractivity contribution is 0.0729. The summed E-state index contributed by atoms with van der Waals surface area (Å²) in [6.45, 7) is 0. The number of methoxy groups -OCH3 is 1. The molecule has 2 aromatic rings. The monoisotopic (exact) mass is 271 g/mol. The van der Waals surface area contributed by atoms with Gasteiger partial charge in [-0.3, -0.25) is 4.79 Å². The van der Waals surface area contributed by atoms with E-state index in [4.69, 9.17) is 15.2 Å². The van der Waals surface area contributed by atoms with Crippen LogP contribution in [0.5, 0.6) is 11.5 Å². The third-order valence-electron chi connectivity index (χ3n) is 2.68. The Morgan fingerprint density at radius 3 is 2.00 bits per heavy atom. The van der Waals surface area contributed by atoms with Crippen molar-refractivity contribution in [3.8, 4) is 11.5 Å². The Bertz CT molecular complexity index is 635. The van der Waals surface area contributed by atoms with Crippen molar-refractivity contribution >= 4 is 11.9 Å². The molecule has 2 rings (SSSR count). The number of rotatable bonds is 4. The average Bonchev–Trinajstić information content (AvgIpc) is 2.48. The van der Waals surface area contributed by atoms with Crippen molar-refractivity contribution in [3.63, 3.8) is 0 Å². The standard InChI is InChI=1S/C15H13NO4/c1-19-12-4-2-3-5-13(12)20-15(18)11-8-6-10(7-9-11)14(16)17/h2-9H,1H3,(H2,16,17). The molecular weight excluding hydrogens is 258 g/mol. The number of carbonyl (C=O) groups is 2. The van der Waals surface area contributed by atoms with Crippen LogP contribution >= 0.6 is 0 Å². The highest BCUT2D eigenvalue weighted by atomic mass is 16.6. The van der Waals surface area contributed by atoms with Gasteiger partial charge in [-0.15, -0.1) is 0 Å². The Kier molecular flexibility index (Phi) is 4.00. The Labute approximate surface area is 115 Å². The van der Waals surface area contributed by atoms with E-state index in [1.807, 2.05) is 0 Å². The molecule has 0 unspecified atom stereocenters. The summed E-state index contributed by atoms with van der Waals surface area (Å²) in [6.07, 6.45) is 0. The zero-order valence-electron chi connectivity index (χ0n) is 10.8. The van der Waals surface area contributed by atoms with Crippen LogP contribution in [0.3, 0.4) is 0 Å². The minimum absolute atomic E-state index is 0.320. The number of primary amides is 1. The van der Waals surface area contributed by atoms with Gasteiger partial charge >= 0.3 is 5.97 Å². The second-order valence-electron chi connectivity index (χ2n) is 3.98. The zero-order chi connectivity index (χ0) is 14.5. The van der Waals surface area contributed by atoms with Gasteiger partial charge in [-0.05, 0) is 36.4 Å². The molecule has 0 aliphatic rings. The lowest BCUT2D eigenvalue weighted by atomic mass is 10.1. The lowest BCUT2D eigenvalue weighted by Gasteiger charge is -2.08. The topological polar surface area (TPSA) is 78.6 Å². The summed E-state index contributed by atoms with van der Waals surface area (Å²) in [6, 6.07) is 12.8. The molecule has 20 heavy (non-hydrogen) atoms. The van der Waals surface area contributed by atoms with Crippen LogP contribution in [0.2, 0.25) is 0 Å². The first-order valence-corrected chi connectivity index (χ1v) is 5.87. The molecule has 0 fully saturated rings. The van der Waals surface area contributed by atoms with Crippen molar-refractivity contribution in [3.05, 3.63) is 59.7 Å². The molecule has 0 saturated heterocycles. The van der Waals surface area contributed by atoms with Gasteiger partial charge in [-0.1, -0.05) is 12.1 Å². The highest BCUT2D eigenvalue weighted by molar-refractivity contribution is 5.95. The third kappa shape index (κ3) is 2.95. The molecule has 2 N–H and O–H groups in total. The fourth-order valence-electron chi connectivity index (χ4n) is 1.63. The maximum absolute atomic E-state index is 12.0. The van der Waals surface area contributed by atoms with E-state index in [1.54, 1.807) is 24.3 Å². The molecule has 0 aliphatic carbocycles. The normalized spacial score (nSPS) is 9.85. The lowest BCUT2D eigenvalue weighted by Crippen LogP contribution is -2.12. The molecule has 0 aliphatic heterocycles. The molecule has 1 amide bonds. The predicted octanol–water partition coefficient (Wildman–Crippen LogP) is 2.01. The number of ether oxygens (including phenoxy) is 2. The number of esters is 1. The fourth-order valence-corrected chi connectivity index (χ4v) is 1.63. The number of benzene rings is 2. The fraction of sp³-hybridized carbons (Fsp3) is 0.0667. The van der Waals surface area contributed by atoms with Gasteiger partial charge in [0.2, 0.25) is 5.91 Å². The van der Waals surface area contributed by atoms with Crippen molar-refractivity contribution in [2.75, 3.05) is 7.11 Å². The van der Waals surface area contributed by atoms with Gasteiger partial charge in [0.1, 0.15) is 0 Å². The van der Waals surface area contributed by atoms with Crippen LogP contribution in [0.4, 0.5) is 0 Å². The molecule has 0 heterocycles. The number of nitrogens with two attached hydrogens (primary N) is 1. The molecule has 102 valence electrons. The van der Waals surface area contributed by atoms with E-state index in [0.29, 0.717) is 22.6 Å². The van der Waals surface area contributed by atoms with Gasteiger partial charge in [0.05, 0.1) is 12.7 Å². The van der Waals surface area contributed by atoms with Crippen LogP contribution in [0, 0.1) is 0 Å². The van der Waals surface area contributed by atoms with Gasteiger partial charge in [-0.25, -0.2) is 4.79 Å². The molecule has 0 spiro atoms. The van der Waals surface area contributed by atoms with E-state index in [2.05, 4.69) is 0 Å². The number of amides is 1. The number of para-hydroxylation sites is 2. The number of hydrogen-bond acceptors (Lipinski definition) is 4. The Hall–Kier alpha value is -2.82. The van der Waals surface area contributed by atoms with E-state index in [9.17, 15) is 9.59 Å². The zero-order valence-corrected chi connectivity index (χ0v) is 10.8.